The van der Waals surface area contributed by atoms with Gasteiger partial charge in [0.05, 0.1) is 17.0 Å². The van der Waals surface area contributed by atoms with Gasteiger partial charge in [0, 0.05) is 19.6 Å². The van der Waals surface area contributed by atoms with Gasteiger partial charge in [0.15, 0.2) is 0 Å². The molecule has 0 aromatic heterocycles. The predicted molar refractivity (Wildman–Crippen MR) is 138 cm³/mol. The number of aryl methyl sites for hydroxylation is 2. The highest BCUT2D eigenvalue weighted by Crippen LogP contribution is 2.29. The maximum absolute atomic E-state index is 11.0. The Labute approximate surface area is 207 Å². The Morgan fingerprint density at radius 2 is 1.82 bits per heavy atom. The van der Waals surface area contributed by atoms with Crippen LogP contribution in [0, 0.1) is 25.7 Å². The summed E-state index contributed by atoms with van der Waals surface area (Å²) in [7, 11) is 0. The number of unbranched alkanes of at least 4 members (excludes halogenated alkanes) is 1. The number of carboxylic acid groups (broad SMARTS) is 1. The van der Waals surface area contributed by atoms with Crippen molar-refractivity contribution >= 4 is 21.9 Å². The fourth-order valence-electron chi connectivity index (χ4n) is 4.53. The second-order valence-electron chi connectivity index (χ2n) is 9.62. The molecule has 0 radical (unpaired) electrons. The minimum Gasteiger partial charge on any atom is -0.492 e. The minimum absolute atomic E-state index is 0.216. The molecule has 0 aliphatic carbocycles. The standard InChI is InChI=1S/C28H38BrNO3/c1-4-5-7-22(15-23-10-9-20(2)21(3)14-23)8-6-13-33-27-12-11-24(16-26(27)29)17-30-18-25(19-30)28(31)32/h9-12,14,16,22,25H,4-8,13,15,17-19H2,1-3H3,(H,31,32). The number of nitrogens with zero attached hydrogens (tertiary/aromatic N) is 1. The van der Waals surface area contributed by atoms with Crippen LogP contribution in [-0.2, 0) is 17.8 Å². The molecule has 1 N–H and O–H groups in total. The number of hydrogen-bond donors (Lipinski definition) is 1. The first kappa shape index (κ1) is 25.8. The molecule has 1 heterocycles. The Hall–Kier alpha value is -1.85. The SMILES string of the molecule is CCCCC(CCCOc1ccc(CN2CC(C(=O)O)C2)cc1Br)Cc1ccc(C)c(C)c1. The van der Waals surface area contributed by atoms with Crippen molar-refractivity contribution in [3.8, 4) is 5.75 Å². The maximum atomic E-state index is 11.0. The van der Waals surface area contributed by atoms with E-state index in [9.17, 15) is 4.79 Å². The molecular formula is C28H38BrNO3. The fraction of sp³-hybridized carbons (Fsp3) is 0.536. The zero-order valence-electron chi connectivity index (χ0n) is 20.3. The van der Waals surface area contributed by atoms with Gasteiger partial charge in [0.25, 0.3) is 0 Å². The van der Waals surface area contributed by atoms with Crippen molar-refractivity contribution in [2.45, 2.75) is 65.8 Å². The van der Waals surface area contributed by atoms with Crippen LogP contribution in [0.1, 0.15) is 61.3 Å². The third kappa shape index (κ3) is 7.86. The zero-order valence-corrected chi connectivity index (χ0v) is 21.9. The molecule has 1 saturated heterocycles. The van der Waals surface area contributed by atoms with Crippen LogP contribution in [0.4, 0.5) is 0 Å². The number of rotatable bonds is 13. The molecule has 1 aliphatic heterocycles. The Balaban J connectivity index is 1.44. The topological polar surface area (TPSA) is 49.8 Å². The molecular weight excluding hydrogens is 478 g/mol. The summed E-state index contributed by atoms with van der Waals surface area (Å²) in [5, 5.41) is 9.02. The number of hydrogen-bond acceptors (Lipinski definition) is 3. The summed E-state index contributed by atoms with van der Waals surface area (Å²) in [6.07, 6.45) is 7.20. The van der Waals surface area contributed by atoms with E-state index in [1.54, 1.807) is 0 Å². The van der Waals surface area contributed by atoms with Crippen LogP contribution in [0.25, 0.3) is 0 Å². The third-order valence-corrected chi connectivity index (χ3v) is 7.40. The van der Waals surface area contributed by atoms with E-state index in [1.165, 1.54) is 47.9 Å². The van der Waals surface area contributed by atoms with Crippen molar-refractivity contribution in [3.05, 3.63) is 63.1 Å². The Morgan fingerprint density at radius 3 is 2.48 bits per heavy atom. The number of carboxylic acids is 1. The van der Waals surface area contributed by atoms with Gasteiger partial charge >= 0.3 is 5.97 Å². The van der Waals surface area contributed by atoms with Gasteiger partial charge in [0.1, 0.15) is 5.75 Å². The summed E-state index contributed by atoms with van der Waals surface area (Å²) in [6.45, 7) is 9.41. The van der Waals surface area contributed by atoms with Crippen molar-refractivity contribution in [2.75, 3.05) is 19.7 Å². The fourth-order valence-corrected chi connectivity index (χ4v) is 5.07. The number of carbonyl (C=O) groups is 1. The Morgan fingerprint density at radius 1 is 1.09 bits per heavy atom. The summed E-state index contributed by atoms with van der Waals surface area (Å²) < 4.78 is 7.05. The molecule has 180 valence electrons. The van der Waals surface area contributed by atoms with Gasteiger partial charge in [-0.25, -0.2) is 0 Å². The molecule has 1 aliphatic rings. The van der Waals surface area contributed by atoms with Crippen molar-refractivity contribution < 1.29 is 14.6 Å². The quantitative estimate of drug-likeness (QED) is 0.298. The highest BCUT2D eigenvalue weighted by atomic mass is 79.9. The van der Waals surface area contributed by atoms with Gasteiger partial charge in [-0.2, -0.15) is 0 Å². The molecule has 33 heavy (non-hydrogen) atoms. The van der Waals surface area contributed by atoms with Crippen LogP contribution in [0.3, 0.4) is 0 Å². The normalized spacial score (nSPS) is 15.3. The first-order valence-corrected chi connectivity index (χ1v) is 13.1. The molecule has 0 saturated carbocycles. The van der Waals surface area contributed by atoms with Gasteiger partial charge in [-0.05, 0) is 89.3 Å². The van der Waals surface area contributed by atoms with Crippen molar-refractivity contribution in [1.82, 2.24) is 4.90 Å². The van der Waals surface area contributed by atoms with Crippen LogP contribution in [0.2, 0.25) is 0 Å². The van der Waals surface area contributed by atoms with E-state index in [0.29, 0.717) is 19.0 Å². The molecule has 3 rings (SSSR count). The van der Waals surface area contributed by atoms with E-state index in [1.807, 2.05) is 6.07 Å². The molecule has 0 spiro atoms. The average molecular weight is 517 g/mol. The predicted octanol–water partition coefficient (Wildman–Crippen LogP) is 6.79. The number of halogens is 1. The first-order valence-electron chi connectivity index (χ1n) is 12.3. The average Bonchev–Trinajstić information content (AvgIpc) is 2.75. The molecule has 1 fully saturated rings. The second kappa shape index (κ2) is 12.6. The Bertz CT molecular complexity index is 923. The van der Waals surface area contributed by atoms with Crippen molar-refractivity contribution in [1.29, 1.82) is 0 Å². The summed E-state index contributed by atoms with van der Waals surface area (Å²) in [5.74, 6) is 0.673. The van der Waals surface area contributed by atoms with Crippen LogP contribution in [0.15, 0.2) is 40.9 Å². The first-order chi connectivity index (χ1) is 15.9. The largest absolute Gasteiger partial charge is 0.492 e. The number of likely N-dealkylation sites (tertiary alicyclic amines) is 1. The lowest BCUT2D eigenvalue weighted by Gasteiger charge is -2.36. The molecule has 0 bridgehead atoms. The van der Waals surface area contributed by atoms with Crippen molar-refractivity contribution in [3.63, 3.8) is 0 Å². The zero-order chi connectivity index (χ0) is 23.8. The van der Waals surface area contributed by atoms with Crippen LogP contribution in [0.5, 0.6) is 5.75 Å². The lowest BCUT2D eigenvalue weighted by Crippen LogP contribution is -2.49. The van der Waals surface area contributed by atoms with E-state index in [2.05, 4.69) is 71.9 Å². The van der Waals surface area contributed by atoms with Crippen molar-refractivity contribution in [2.24, 2.45) is 11.8 Å². The highest BCUT2D eigenvalue weighted by Gasteiger charge is 2.32. The van der Waals surface area contributed by atoms with E-state index in [4.69, 9.17) is 9.84 Å². The van der Waals surface area contributed by atoms with Crippen LogP contribution >= 0.6 is 15.9 Å². The molecule has 4 nitrogen and oxygen atoms in total. The van der Waals surface area contributed by atoms with Gasteiger partial charge in [-0.3, -0.25) is 9.69 Å². The smallest absolute Gasteiger partial charge is 0.309 e. The summed E-state index contributed by atoms with van der Waals surface area (Å²) in [4.78, 5) is 13.1. The van der Waals surface area contributed by atoms with Crippen LogP contribution < -0.4 is 4.74 Å². The molecule has 2 aromatic rings. The number of ether oxygens (including phenoxy) is 1. The van der Waals surface area contributed by atoms with E-state index in [-0.39, 0.29) is 5.92 Å². The summed E-state index contributed by atoms with van der Waals surface area (Å²) in [5.41, 5.74) is 5.37. The van der Waals surface area contributed by atoms with E-state index >= 15 is 0 Å². The van der Waals surface area contributed by atoms with E-state index < -0.39 is 5.97 Å². The van der Waals surface area contributed by atoms with Gasteiger partial charge in [-0.15, -0.1) is 0 Å². The molecule has 0 amide bonds. The van der Waals surface area contributed by atoms with Crippen LogP contribution in [-0.4, -0.2) is 35.7 Å². The van der Waals surface area contributed by atoms with Gasteiger partial charge in [-0.1, -0.05) is 50.5 Å². The summed E-state index contributed by atoms with van der Waals surface area (Å²) in [6, 6.07) is 13.1. The minimum atomic E-state index is -0.693. The monoisotopic (exact) mass is 515 g/mol. The highest BCUT2D eigenvalue weighted by molar-refractivity contribution is 9.10. The molecule has 1 unspecified atom stereocenters. The molecule has 5 heteroatoms. The lowest BCUT2D eigenvalue weighted by atomic mass is 9.89. The second-order valence-corrected chi connectivity index (χ2v) is 10.5. The molecule has 1 atom stereocenters. The Kier molecular flexibility index (Phi) is 9.81. The lowest BCUT2D eigenvalue weighted by molar-refractivity contribution is -0.147. The third-order valence-electron chi connectivity index (χ3n) is 6.78. The molecule has 2 aromatic carbocycles. The summed E-state index contributed by atoms with van der Waals surface area (Å²) >= 11 is 3.65. The van der Waals surface area contributed by atoms with Gasteiger partial charge in [0.2, 0.25) is 0 Å². The number of aliphatic carboxylic acids is 1. The maximum Gasteiger partial charge on any atom is 0.309 e. The number of benzene rings is 2. The van der Waals surface area contributed by atoms with E-state index in [0.717, 1.165) is 36.2 Å². The van der Waals surface area contributed by atoms with Gasteiger partial charge < -0.3 is 9.84 Å².